The molecular weight excluding hydrogens is 242 g/mol. The van der Waals surface area contributed by atoms with Crippen LogP contribution in [-0.4, -0.2) is 31.5 Å². The van der Waals surface area contributed by atoms with Crippen molar-refractivity contribution >= 4 is 0 Å². The number of benzene rings is 1. The van der Waals surface area contributed by atoms with Crippen LogP contribution in [0.3, 0.4) is 0 Å². The monoisotopic (exact) mass is 267 g/mol. The number of rotatable bonds is 9. The van der Waals surface area contributed by atoms with Gasteiger partial charge < -0.3 is 19.9 Å². The molecule has 1 rings (SSSR count). The normalized spacial score (nSPS) is 10.8. The van der Waals surface area contributed by atoms with Crippen LogP contribution in [0.2, 0.25) is 0 Å². The summed E-state index contributed by atoms with van der Waals surface area (Å²) < 4.78 is 11.0. The van der Waals surface area contributed by atoms with E-state index in [0.29, 0.717) is 12.6 Å². The number of aliphatic hydroxyl groups excluding tert-OH is 1. The van der Waals surface area contributed by atoms with E-state index in [0.717, 1.165) is 30.9 Å². The smallest absolute Gasteiger partial charge is 0.161 e. The molecule has 0 unspecified atom stereocenters. The molecule has 0 aromatic heterocycles. The number of ether oxygens (including phenoxy) is 2. The molecule has 0 aliphatic rings. The largest absolute Gasteiger partial charge is 0.493 e. The van der Waals surface area contributed by atoms with Crippen LogP contribution < -0.4 is 14.8 Å². The second kappa shape index (κ2) is 8.77. The fraction of sp³-hybridized carbons (Fsp3) is 0.600. The molecule has 0 aliphatic carbocycles. The van der Waals surface area contributed by atoms with Crippen molar-refractivity contribution in [3.05, 3.63) is 23.8 Å². The first-order chi connectivity index (χ1) is 9.17. The van der Waals surface area contributed by atoms with E-state index >= 15 is 0 Å². The third-order valence-electron chi connectivity index (χ3n) is 2.75. The Balaban J connectivity index is 2.57. The number of hydrogen-bond acceptors (Lipinski definition) is 4. The molecule has 0 fully saturated rings. The lowest BCUT2D eigenvalue weighted by Gasteiger charge is -2.13. The molecule has 0 atom stereocenters. The molecule has 0 bridgehead atoms. The van der Waals surface area contributed by atoms with Crippen LogP contribution in [0.5, 0.6) is 11.5 Å². The summed E-state index contributed by atoms with van der Waals surface area (Å²) in [5, 5.41) is 12.1. The zero-order valence-corrected chi connectivity index (χ0v) is 12.1. The van der Waals surface area contributed by atoms with Gasteiger partial charge in [-0.2, -0.15) is 0 Å². The van der Waals surface area contributed by atoms with Crippen molar-refractivity contribution in [1.29, 1.82) is 0 Å². The van der Waals surface area contributed by atoms with Crippen molar-refractivity contribution in [3.63, 3.8) is 0 Å². The third-order valence-corrected chi connectivity index (χ3v) is 2.75. The quantitative estimate of drug-likeness (QED) is 0.674. The summed E-state index contributed by atoms with van der Waals surface area (Å²) in [5.74, 6) is 1.51. The van der Waals surface area contributed by atoms with Gasteiger partial charge in [0, 0.05) is 19.2 Å². The number of methoxy groups -OCH3 is 1. The summed E-state index contributed by atoms with van der Waals surface area (Å²) in [7, 11) is 1.65. The molecule has 1 aromatic carbocycles. The second-order valence-electron chi connectivity index (χ2n) is 4.80. The van der Waals surface area contributed by atoms with Crippen molar-refractivity contribution in [2.75, 3.05) is 20.3 Å². The van der Waals surface area contributed by atoms with Gasteiger partial charge in [-0.05, 0) is 30.5 Å². The fourth-order valence-corrected chi connectivity index (χ4v) is 1.66. The van der Waals surface area contributed by atoms with E-state index in [9.17, 15) is 0 Å². The van der Waals surface area contributed by atoms with Crippen LogP contribution in [-0.2, 0) is 6.54 Å². The van der Waals surface area contributed by atoms with E-state index < -0.39 is 0 Å². The third kappa shape index (κ3) is 5.94. The molecule has 0 saturated carbocycles. The van der Waals surface area contributed by atoms with Crippen LogP contribution in [0, 0.1) is 0 Å². The summed E-state index contributed by atoms with van der Waals surface area (Å²) in [4.78, 5) is 0. The highest BCUT2D eigenvalue weighted by Crippen LogP contribution is 2.28. The van der Waals surface area contributed by atoms with Crippen LogP contribution in [0.25, 0.3) is 0 Å². The van der Waals surface area contributed by atoms with Crippen molar-refractivity contribution in [3.8, 4) is 11.5 Å². The molecule has 0 heterocycles. The number of nitrogens with one attached hydrogen (secondary N) is 1. The maximum atomic E-state index is 8.72. The number of unbranched alkanes of at least 4 members (excludes halogenated alkanes) is 1. The van der Waals surface area contributed by atoms with Gasteiger partial charge in [0.1, 0.15) is 0 Å². The predicted molar refractivity (Wildman–Crippen MR) is 76.8 cm³/mol. The lowest BCUT2D eigenvalue weighted by atomic mass is 10.2. The van der Waals surface area contributed by atoms with E-state index in [1.54, 1.807) is 7.11 Å². The highest BCUT2D eigenvalue weighted by Gasteiger charge is 2.06. The van der Waals surface area contributed by atoms with Crippen molar-refractivity contribution in [2.45, 2.75) is 39.3 Å². The number of aliphatic hydroxyl groups is 1. The number of hydrogen-bond donors (Lipinski definition) is 2. The van der Waals surface area contributed by atoms with Gasteiger partial charge in [0.15, 0.2) is 11.5 Å². The van der Waals surface area contributed by atoms with Crippen LogP contribution in [0.4, 0.5) is 0 Å². The van der Waals surface area contributed by atoms with Gasteiger partial charge in [-0.1, -0.05) is 19.9 Å². The minimum Gasteiger partial charge on any atom is -0.493 e. The first-order valence-electron chi connectivity index (χ1n) is 6.81. The molecule has 0 radical (unpaired) electrons. The van der Waals surface area contributed by atoms with E-state index in [4.69, 9.17) is 14.6 Å². The average Bonchev–Trinajstić information content (AvgIpc) is 2.42. The molecule has 0 spiro atoms. The molecule has 0 saturated heterocycles. The Morgan fingerprint density at radius 2 is 2.00 bits per heavy atom. The summed E-state index contributed by atoms with van der Waals surface area (Å²) >= 11 is 0. The van der Waals surface area contributed by atoms with Crippen molar-refractivity contribution in [2.24, 2.45) is 0 Å². The first kappa shape index (κ1) is 15.8. The van der Waals surface area contributed by atoms with Crippen LogP contribution >= 0.6 is 0 Å². The van der Waals surface area contributed by atoms with E-state index in [1.807, 2.05) is 18.2 Å². The molecule has 4 heteroatoms. The van der Waals surface area contributed by atoms with E-state index in [1.165, 1.54) is 5.56 Å². The summed E-state index contributed by atoms with van der Waals surface area (Å²) in [6, 6.07) is 6.44. The van der Waals surface area contributed by atoms with Gasteiger partial charge in [-0.25, -0.2) is 0 Å². The Kier molecular flexibility index (Phi) is 7.30. The Morgan fingerprint density at radius 1 is 1.21 bits per heavy atom. The van der Waals surface area contributed by atoms with Gasteiger partial charge in [-0.15, -0.1) is 0 Å². The molecule has 2 N–H and O–H groups in total. The average molecular weight is 267 g/mol. The van der Waals surface area contributed by atoms with Gasteiger partial charge in [0.25, 0.3) is 0 Å². The fourth-order valence-electron chi connectivity index (χ4n) is 1.66. The minimum absolute atomic E-state index is 0.209. The molecule has 4 nitrogen and oxygen atoms in total. The van der Waals surface area contributed by atoms with Gasteiger partial charge in [0.05, 0.1) is 13.7 Å². The van der Waals surface area contributed by atoms with E-state index in [-0.39, 0.29) is 6.61 Å². The summed E-state index contributed by atoms with van der Waals surface area (Å²) in [6.45, 7) is 5.87. The topological polar surface area (TPSA) is 50.7 Å². The summed E-state index contributed by atoms with van der Waals surface area (Å²) in [5.41, 5.74) is 1.17. The lowest BCUT2D eigenvalue weighted by molar-refractivity contribution is 0.247. The molecular formula is C15H25NO3. The Bertz CT molecular complexity index is 366. The highest BCUT2D eigenvalue weighted by molar-refractivity contribution is 5.42. The maximum absolute atomic E-state index is 8.72. The summed E-state index contributed by atoms with van der Waals surface area (Å²) in [6.07, 6.45) is 1.61. The Hall–Kier alpha value is -1.26. The zero-order valence-electron chi connectivity index (χ0n) is 12.1. The molecule has 0 amide bonds. The standard InChI is InChI=1S/C15H25NO3/c1-12(2)16-11-13-6-7-14(15(10-13)18-3)19-9-5-4-8-17/h6-7,10,12,16-17H,4-5,8-9,11H2,1-3H3. The predicted octanol–water partition coefficient (Wildman–Crippen LogP) is 2.34. The highest BCUT2D eigenvalue weighted by atomic mass is 16.5. The Morgan fingerprint density at radius 3 is 2.63 bits per heavy atom. The second-order valence-corrected chi connectivity index (χ2v) is 4.80. The Labute approximate surface area is 115 Å². The molecule has 108 valence electrons. The van der Waals surface area contributed by atoms with Gasteiger partial charge in [-0.3, -0.25) is 0 Å². The van der Waals surface area contributed by atoms with E-state index in [2.05, 4.69) is 19.2 Å². The van der Waals surface area contributed by atoms with Crippen LogP contribution in [0.15, 0.2) is 18.2 Å². The van der Waals surface area contributed by atoms with Crippen molar-refractivity contribution < 1.29 is 14.6 Å². The maximum Gasteiger partial charge on any atom is 0.161 e. The molecule has 1 aromatic rings. The zero-order chi connectivity index (χ0) is 14.1. The molecule has 19 heavy (non-hydrogen) atoms. The van der Waals surface area contributed by atoms with Gasteiger partial charge in [0.2, 0.25) is 0 Å². The molecule has 0 aliphatic heterocycles. The van der Waals surface area contributed by atoms with Gasteiger partial charge >= 0.3 is 0 Å². The van der Waals surface area contributed by atoms with Crippen LogP contribution in [0.1, 0.15) is 32.3 Å². The first-order valence-corrected chi connectivity index (χ1v) is 6.81. The SMILES string of the molecule is COc1cc(CNC(C)C)ccc1OCCCCO. The van der Waals surface area contributed by atoms with Crippen molar-refractivity contribution in [1.82, 2.24) is 5.32 Å². The minimum atomic E-state index is 0.209. The lowest BCUT2D eigenvalue weighted by Crippen LogP contribution is -2.21.